The first-order chi connectivity index (χ1) is 10.8. The lowest BCUT2D eigenvalue weighted by Crippen LogP contribution is -2.43. The van der Waals surface area contributed by atoms with Crippen LogP contribution in [0.15, 0.2) is 41.5 Å². The van der Waals surface area contributed by atoms with Crippen LogP contribution in [0.3, 0.4) is 0 Å². The van der Waals surface area contributed by atoms with E-state index in [-0.39, 0.29) is 0 Å². The lowest BCUT2D eigenvalue weighted by atomic mass is 10.0. The summed E-state index contributed by atoms with van der Waals surface area (Å²) in [6.45, 7) is 4.45. The van der Waals surface area contributed by atoms with Gasteiger partial charge in [-0.05, 0) is 30.5 Å². The van der Waals surface area contributed by atoms with Crippen LogP contribution in [-0.2, 0) is 19.5 Å². The molecular formula is C17H21N5. The highest BCUT2D eigenvalue weighted by Gasteiger charge is 2.18. The number of aliphatic imine (C=N–C) groups is 1. The van der Waals surface area contributed by atoms with Crippen molar-refractivity contribution in [2.75, 3.05) is 13.6 Å². The highest BCUT2D eigenvalue weighted by Crippen LogP contribution is 2.18. The number of hydrogen-bond acceptors (Lipinski definition) is 3. The lowest BCUT2D eigenvalue weighted by Gasteiger charge is -2.31. The first kappa shape index (κ1) is 14.5. The van der Waals surface area contributed by atoms with Crippen LogP contribution in [0.5, 0.6) is 0 Å². The van der Waals surface area contributed by atoms with Gasteiger partial charge < -0.3 is 10.2 Å². The zero-order valence-electron chi connectivity index (χ0n) is 13.1. The van der Waals surface area contributed by atoms with Crippen LogP contribution in [0.4, 0.5) is 0 Å². The first-order valence-electron chi connectivity index (χ1n) is 7.57. The molecule has 0 atom stereocenters. The maximum atomic E-state index is 4.41. The van der Waals surface area contributed by atoms with Crippen molar-refractivity contribution in [3.63, 3.8) is 0 Å². The number of benzene rings is 1. The van der Waals surface area contributed by atoms with E-state index in [2.05, 4.69) is 49.4 Å². The van der Waals surface area contributed by atoms with Gasteiger partial charge >= 0.3 is 0 Å². The van der Waals surface area contributed by atoms with Gasteiger partial charge in [0.25, 0.3) is 0 Å². The van der Waals surface area contributed by atoms with E-state index < -0.39 is 0 Å². The zero-order chi connectivity index (χ0) is 15.4. The Balaban J connectivity index is 1.66. The summed E-state index contributed by atoms with van der Waals surface area (Å²) in [5, 5.41) is 3.40. The number of aromatic nitrogens is 2. The van der Waals surface area contributed by atoms with E-state index in [1.165, 1.54) is 11.1 Å². The molecule has 0 bridgehead atoms. The van der Waals surface area contributed by atoms with Gasteiger partial charge in [-0.1, -0.05) is 24.3 Å². The molecule has 0 aliphatic carbocycles. The number of nitrogens with one attached hydrogen (secondary N) is 1. The molecular weight excluding hydrogens is 274 g/mol. The van der Waals surface area contributed by atoms with Crippen molar-refractivity contribution in [3.8, 4) is 0 Å². The Labute approximate surface area is 131 Å². The maximum Gasteiger partial charge on any atom is 0.194 e. The van der Waals surface area contributed by atoms with Crippen LogP contribution < -0.4 is 5.32 Å². The zero-order valence-corrected chi connectivity index (χ0v) is 13.1. The fourth-order valence-electron chi connectivity index (χ4n) is 2.78. The van der Waals surface area contributed by atoms with E-state index >= 15 is 0 Å². The predicted molar refractivity (Wildman–Crippen MR) is 87.5 cm³/mol. The summed E-state index contributed by atoms with van der Waals surface area (Å²) in [6.07, 6.45) is 2.85. The molecule has 0 saturated heterocycles. The quantitative estimate of drug-likeness (QED) is 0.679. The smallest absolute Gasteiger partial charge is 0.194 e. The summed E-state index contributed by atoms with van der Waals surface area (Å²) in [7, 11) is 1.83. The molecule has 1 aromatic heterocycles. The van der Waals surface area contributed by atoms with Gasteiger partial charge in [0.05, 0.1) is 12.2 Å². The second-order valence-corrected chi connectivity index (χ2v) is 5.44. The molecule has 5 nitrogen and oxygen atoms in total. The Morgan fingerprint density at radius 2 is 2.09 bits per heavy atom. The molecule has 0 fully saturated rings. The van der Waals surface area contributed by atoms with E-state index in [1.807, 2.05) is 20.0 Å². The van der Waals surface area contributed by atoms with Gasteiger partial charge in [-0.3, -0.25) is 4.99 Å². The average molecular weight is 295 g/mol. The summed E-state index contributed by atoms with van der Waals surface area (Å²) in [5.41, 5.74) is 3.81. The minimum atomic E-state index is 0.661. The van der Waals surface area contributed by atoms with Crippen molar-refractivity contribution in [3.05, 3.63) is 59.2 Å². The average Bonchev–Trinajstić information content (AvgIpc) is 2.55. The van der Waals surface area contributed by atoms with Crippen LogP contribution in [0.1, 0.15) is 22.6 Å². The summed E-state index contributed by atoms with van der Waals surface area (Å²) >= 11 is 0. The van der Waals surface area contributed by atoms with Crippen molar-refractivity contribution >= 4 is 5.96 Å². The summed E-state index contributed by atoms with van der Waals surface area (Å²) < 4.78 is 0. The largest absolute Gasteiger partial charge is 0.351 e. The highest BCUT2D eigenvalue weighted by atomic mass is 15.3. The molecule has 22 heavy (non-hydrogen) atoms. The normalized spacial score (nSPS) is 14.6. The van der Waals surface area contributed by atoms with Crippen LogP contribution >= 0.6 is 0 Å². The van der Waals surface area contributed by atoms with E-state index in [0.29, 0.717) is 6.54 Å². The molecule has 0 saturated carbocycles. The van der Waals surface area contributed by atoms with Gasteiger partial charge in [-0.15, -0.1) is 0 Å². The monoisotopic (exact) mass is 295 g/mol. The molecule has 3 rings (SSSR count). The molecule has 1 aliphatic heterocycles. The van der Waals surface area contributed by atoms with Gasteiger partial charge in [0, 0.05) is 26.3 Å². The van der Waals surface area contributed by atoms with E-state index in [0.717, 1.165) is 37.0 Å². The number of rotatable bonds is 2. The van der Waals surface area contributed by atoms with Crippen molar-refractivity contribution in [1.82, 2.24) is 20.2 Å². The van der Waals surface area contributed by atoms with Crippen LogP contribution in [0.25, 0.3) is 0 Å². The Kier molecular flexibility index (Phi) is 4.32. The van der Waals surface area contributed by atoms with Crippen molar-refractivity contribution in [2.24, 2.45) is 4.99 Å². The van der Waals surface area contributed by atoms with Gasteiger partial charge in [0.2, 0.25) is 0 Å². The fraction of sp³-hybridized carbons (Fsp3) is 0.353. The van der Waals surface area contributed by atoms with Gasteiger partial charge in [-0.2, -0.15) is 0 Å². The van der Waals surface area contributed by atoms with Crippen molar-refractivity contribution in [2.45, 2.75) is 26.4 Å². The van der Waals surface area contributed by atoms with Crippen LogP contribution in [0, 0.1) is 6.92 Å². The molecule has 0 amide bonds. The number of hydrogen-bond donors (Lipinski definition) is 1. The number of guanidine groups is 1. The van der Waals surface area contributed by atoms with Crippen LogP contribution in [0.2, 0.25) is 0 Å². The second kappa shape index (κ2) is 6.56. The molecule has 1 aromatic carbocycles. The predicted octanol–water partition coefficient (Wildman–Crippen LogP) is 1.92. The molecule has 0 spiro atoms. The lowest BCUT2D eigenvalue weighted by molar-refractivity contribution is 0.378. The minimum Gasteiger partial charge on any atom is -0.351 e. The molecule has 114 valence electrons. The molecule has 0 radical (unpaired) electrons. The Hall–Kier alpha value is -2.43. The van der Waals surface area contributed by atoms with Gasteiger partial charge in [0.1, 0.15) is 5.82 Å². The minimum absolute atomic E-state index is 0.661. The molecule has 0 unspecified atom stereocenters. The van der Waals surface area contributed by atoms with Crippen molar-refractivity contribution in [1.29, 1.82) is 0 Å². The molecule has 2 heterocycles. The Morgan fingerprint density at radius 1 is 1.27 bits per heavy atom. The number of aryl methyl sites for hydroxylation is 1. The number of fused-ring (bicyclic) bond motifs is 1. The van der Waals surface area contributed by atoms with Crippen molar-refractivity contribution < 1.29 is 0 Å². The fourth-order valence-corrected chi connectivity index (χ4v) is 2.78. The van der Waals surface area contributed by atoms with Gasteiger partial charge in [-0.25, -0.2) is 9.97 Å². The summed E-state index contributed by atoms with van der Waals surface area (Å²) in [6, 6.07) is 10.6. The SMILES string of the molecule is CN=C(NCc1ccnc(C)n1)N1CCc2ccccc2C1. The standard InChI is InChI=1S/C17H21N5/c1-13-19-9-7-16(21-13)11-20-17(18-2)22-10-8-14-5-3-4-6-15(14)12-22/h3-7,9H,8,10-12H2,1-2H3,(H,18,20). The van der Waals surface area contributed by atoms with E-state index in [9.17, 15) is 0 Å². The third kappa shape index (κ3) is 3.24. The first-order valence-corrected chi connectivity index (χ1v) is 7.57. The Bertz CT molecular complexity index is 680. The third-order valence-corrected chi connectivity index (χ3v) is 3.90. The van der Waals surface area contributed by atoms with Crippen LogP contribution in [-0.4, -0.2) is 34.4 Å². The second-order valence-electron chi connectivity index (χ2n) is 5.44. The topological polar surface area (TPSA) is 53.4 Å². The Morgan fingerprint density at radius 3 is 2.86 bits per heavy atom. The third-order valence-electron chi connectivity index (χ3n) is 3.90. The summed E-state index contributed by atoms with van der Waals surface area (Å²) in [5.74, 6) is 1.71. The highest BCUT2D eigenvalue weighted by molar-refractivity contribution is 5.80. The molecule has 5 heteroatoms. The van der Waals surface area contributed by atoms with E-state index in [4.69, 9.17) is 0 Å². The van der Waals surface area contributed by atoms with Gasteiger partial charge in [0.15, 0.2) is 5.96 Å². The molecule has 1 N–H and O–H groups in total. The molecule has 1 aliphatic rings. The summed E-state index contributed by atoms with van der Waals surface area (Å²) in [4.78, 5) is 15.2. The number of nitrogens with zero attached hydrogens (tertiary/aromatic N) is 4. The van der Waals surface area contributed by atoms with E-state index in [1.54, 1.807) is 6.20 Å². The molecule has 2 aromatic rings. The maximum absolute atomic E-state index is 4.41.